The average molecular weight is 1080 g/mol. The zero-order chi connectivity index (χ0) is 47.6. The van der Waals surface area contributed by atoms with Crippen LogP contribution in [0.25, 0.3) is 61.3 Å². The van der Waals surface area contributed by atoms with Crippen LogP contribution in [0.1, 0.15) is 105 Å². The minimum atomic E-state index is -0.206. The van der Waals surface area contributed by atoms with Crippen molar-refractivity contribution in [3.05, 3.63) is 186 Å². The van der Waals surface area contributed by atoms with E-state index < -0.39 is 0 Å². The van der Waals surface area contributed by atoms with Crippen molar-refractivity contribution in [2.24, 2.45) is 0 Å². The van der Waals surface area contributed by atoms with Crippen LogP contribution in [0.4, 0.5) is 17.1 Å². The first-order chi connectivity index (χ1) is 31.7. The van der Waals surface area contributed by atoms with Crippen LogP contribution in [0.2, 0.25) is 0 Å². The number of rotatable bonds is 7. The molecule has 0 saturated carbocycles. The Morgan fingerprint density at radius 1 is 0.485 bits per heavy atom. The molecule has 2 heterocycles. The van der Waals surface area contributed by atoms with Gasteiger partial charge in [-0.25, -0.2) is 4.98 Å². The Kier molecular flexibility index (Phi) is 12.7. The molecule has 5 nitrogen and oxygen atoms in total. The van der Waals surface area contributed by atoms with E-state index in [0.29, 0.717) is 11.4 Å². The maximum Gasteiger partial charge on any atom is 0.148 e. The molecule has 0 aliphatic heterocycles. The number of anilines is 3. The van der Waals surface area contributed by atoms with Crippen molar-refractivity contribution in [2.45, 2.75) is 105 Å². The van der Waals surface area contributed by atoms with Crippen molar-refractivity contribution in [1.82, 2.24) is 14.5 Å². The minimum Gasteiger partial charge on any atom is -0.507 e. The predicted octanol–water partition coefficient (Wildman–Crippen LogP) is 16.7. The molecule has 9 rings (SSSR count). The fraction of sp³-hybridized carbons (Fsp3) is 0.258. The molecule has 0 saturated heterocycles. The molecule has 1 N–H and O–H groups in total. The zero-order valence-electron chi connectivity index (χ0n) is 41.6. The number of aromatic hydroxyl groups is 1. The number of fused-ring (bicyclic) bond motifs is 2. The van der Waals surface area contributed by atoms with Crippen LogP contribution in [0, 0.1) is 6.07 Å². The molecule has 0 aliphatic rings. The number of imidazole rings is 1. The van der Waals surface area contributed by atoms with Gasteiger partial charge < -0.3 is 10.0 Å². The van der Waals surface area contributed by atoms with Gasteiger partial charge in [0, 0.05) is 55.5 Å². The minimum absolute atomic E-state index is 0. The topological polar surface area (TPSA) is 54.2 Å². The van der Waals surface area contributed by atoms with E-state index in [-0.39, 0.29) is 48.5 Å². The normalized spacial score (nSPS) is 12.4. The summed E-state index contributed by atoms with van der Waals surface area (Å²) in [6, 6.07) is 57.7. The number of hydrogen-bond acceptors (Lipinski definition) is 4. The Labute approximate surface area is 418 Å². The van der Waals surface area contributed by atoms with Gasteiger partial charge in [0.05, 0.1) is 16.6 Å². The quantitative estimate of drug-likeness (QED) is 0.162. The number of nitrogens with zero attached hydrogens (tertiary/aromatic N) is 4. The van der Waals surface area contributed by atoms with Gasteiger partial charge >= 0.3 is 0 Å². The summed E-state index contributed by atoms with van der Waals surface area (Å²) in [6.45, 7) is 26.9. The number of benzene rings is 7. The Morgan fingerprint density at radius 3 is 1.63 bits per heavy atom. The van der Waals surface area contributed by atoms with Gasteiger partial charge in [0.25, 0.3) is 0 Å². The van der Waals surface area contributed by atoms with E-state index in [1.54, 1.807) is 0 Å². The van der Waals surface area contributed by atoms with Crippen LogP contribution in [-0.2, 0) is 42.7 Å². The van der Waals surface area contributed by atoms with Gasteiger partial charge in [-0.1, -0.05) is 173 Å². The molecule has 0 radical (unpaired) electrons. The molecule has 0 aliphatic carbocycles. The van der Waals surface area contributed by atoms with E-state index in [9.17, 15) is 5.11 Å². The van der Waals surface area contributed by atoms with Gasteiger partial charge in [-0.2, -0.15) is 0 Å². The summed E-state index contributed by atoms with van der Waals surface area (Å²) >= 11 is 0. The van der Waals surface area contributed by atoms with Crippen molar-refractivity contribution >= 4 is 39.0 Å². The van der Waals surface area contributed by atoms with Crippen LogP contribution in [0.3, 0.4) is 0 Å². The summed E-state index contributed by atoms with van der Waals surface area (Å²) in [4.78, 5) is 13.0. The summed E-state index contributed by atoms with van der Waals surface area (Å²) in [5.74, 6) is 0.834. The van der Waals surface area contributed by atoms with Crippen LogP contribution in [0.15, 0.2) is 158 Å². The summed E-state index contributed by atoms with van der Waals surface area (Å²) < 4.78 is 2.24. The Morgan fingerprint density at radius 2 is 1.06 bits per heavy atom. The second-order valence-electron chi connectivity index (χ2n) is 22.2. The molecular formula is C62H63N4OPt-. The van der Waals surface area contributed by atoms with Gasteiger partial charge in [0.2, 0.25) is 0 Å². The summed E-state index contributed by atoms with van der Waals surface area (Å²) in [5.41, 5.74) is 15.5. The maximum absolute atomic E-state index is 11.9. The standard InChI is InChI=1S/C62H63N4O.Pt/c1-59(2,3)42-26-29-47(30-27-42)66-54-39-48(65(45-20-15-13-16-21-45)46-22-17-14-18-23-46)38-51(57(54)64-58(66)52-37-43(60(4,5)6)28-31-55(52)67)41-34-40(35-44(36-41)61(7,8)9)49-24-19-25-50-53(62(10,11)12)32-33-63-56(49)50;/h13-33,35-39,67H,1-12H3;/q-1;. The van der Waals surface area contributed by atoms with E-state index in [1.807, 2.05) is 18.3 Å². The van der Waals surface area contributed by atoms with Crippen molar-refractivity contribution in [1.29, 1.82) is 0 Å². The van der Waals surface area contributed by atoms with Crippen molar-refractivity contribution in [3.8, 4) is 45.1 Å². The third-order valence-corrected chi connectivity index (χ3v) is 13.0. The number of pyridine rings is 1. The zero-order valence-corrected chi connectivity index (χ0v) is 43.8. The van der Waals surface area contributed by atoms with E-state index >= 15 is 0 Å². The van der Waals surface area contributed by atoms with E-state index in [2.05, 4.69) is 238 Å². The molecule has 2 aromatic heterocycles. The number of hydrogen-bond donors (Lipinski definition) is 1. The Hall–Kier alpha value is -6.29. The van der Waals surface area contributed by atoms with E-state index in [4.69, 9.17) is 9.97 Å². The van der Waals surface area contributed by atoms with E-state index in [0.717, 1.165) is 72.5 Å². The molecule has 9 aromatic rings. The molecule has 7 aromatic carbocycles. The molecule has 0 fully saturated rings. The smallest absolute Gasteiger partial charge is 0.148 e. The van der Waals surface area contributed by atoms with Gasteiger partial charge in [0.1, 0.15) is 11.6 Å². The first-order valence-corrected chi connectivity index (χ1v) is 23.6. The van der Waals surface area contributed by atoms with Crippen LogP contribution in [-0.4, -0.2) is 19.6 Å². The number of aromatic nitrogens is 3. The fourth-order valence-corrected chi connectivity index (χ4v) is 9.17. The molecule has 0 atom stereocenters. The van der Waals surface area contributed by atoms with E-state index in [1.165, 1.54) is 16.7 Å². The molecular weight excluding hydrogens is 1010 g/mol. The predicted molar refractivity (Wildman–Crippen MR) is 283 cm³/mol. The third-order valence-electron chi connectivity index (χ3n) is 13.0. The second kappa shape index (κ2) is 18.0. The van der Waals surface area contributed by atoms with Gasteiger partial charge in [-0.15, -0.1) is 34.9 Å². The van der Waals surface area contributed by atoms with Gasteiger partial charge in [-0.05, 0) is 104 Å². The van der Waals surface area contributed by atoms with Gasteiger partial charge in [-0.3, -0.25) is 9.55 Å². The van der Waals surface area contributed by atoms with Crippen LogP contribution in [0.5, 0.6) is 5.75 Å². The first-order valence-electron chi connectivity index (χ1n) is 23.6. The monoisotopic (exact) mass is 1070 g/mol. The molecule has 348 valence electrons. The first kappa shape index (κ1) is 48.2. The van der Waals surface area contributed by atoms with Crippen LogP contribution < -0.4 is 4.90 Å². The Balaban J connectivity index is 0.00000625. The van der Waals surface area contributed by atoms with Crippen LogP contribution >= 0.6 is 0 Å². The molecule has 6 heteroatoms. The number of phenols is 1. The molecule has 0 amide bonds. The molecule has 0 bridgehead atoms. The van der Waals surface area contributed by atoms with Crippen molar-refractivity contribution < 1.29 is 26.2 Å². The third kappa shape index (κ3) is 9.31. The largest absolute Gasteiger partial charge is 0.507 e. The summed E-state index contributed by atoms with van der Waals surface area (Å²) in [5, 5.41) is 13.0. The maximum atomic E-state index is 11.9. The summed E-state index contributed by atoms with van der Waals surface area (Å²) in [7, 11) is 0. The fourth-order valence-electron chi connectivity index (χ4n) is 9.17. The SMILES string of the molecule is CC(C)(C)c1ccc(-n2c(-c3cc(C(C)(C)C)ccc3O)nc3c(-c4[c-]c(-c5cccc6c(C(C)(C)C)ccnc56)cc(C(C)(C)C)c4)cc(N(c4ccccc4)c4ccccc4)cc32)cc1.[Pt]. The summed E-state index contributed by atoms with van der Waals surface area (Å²) in [6.07, 6.45) is 1.95. The number of para-hydroxylation sites is 3. The second-order valence-corrected chi connectivity index (χ2v) is 22.2. The van der Waals surface area contributed by atoms with Crippen molar-refractivity contribution in [2.75, 3.05) is 4.90 Å². The number of phenolic OH excluding ortho intramolecular Hbond substituents is 1. The van der Waals surface area contributed by atoms with Gasteiger partial charge in [0.15, 0.2) is 0 Å². The molecule has 0 unspecified atom stereocenters. The van der Waals surface area contributed by atoms with Crippen molar-refractivity contribution in [3.63, 3.8) is 0 Å². The molecule has 68 heavy (non-hydrogen) atoms. The average Bonchev–Trinajstić information content (AvgIpc) is 3.67. The molecule has 0 spiro atoms. The Bertz CT molecular complexity index is 3230.